The van der Waals surface area contributed by atoms with Crippen LogP contribution >= 0.6 is 0 Å². The van der Waals surface area contributed by atoms with Crippen molar-refractivity contribution in [3.05, 3.63) is 72.1 Å². The number of pyridine rings is 2. The van der Waals surface area contributed by atoms with Gasteiger partial charge in [-0.15, -0.1) is 0 Å². The predicted molar refractivity (Wildman–Crippen MR) is 131 cm³/mol. The van der Waals surface area contributed by atoms with Crippen LogP contribution in [-0.4, -0.2) is 4.98 Å². The molecular weight excluding hydrogens is 392 g/mol. The van der Waals surface area contributed by atoms with Gasteiger partial charge in [0.15, 0.2) is 11.8 Å². The van der Waals surface area contributed by atoms with Crippen molar-refractivity contribution < 1.29 is 11.7 Å². The topological polar surface area (TPSA) is 29.9 Å². The smallest absolute Gasteiger partial charge is 0.227 e. The molecule has 160 valence electrons. The van der Waals surface area contributed by atoms with Gasteiger partial charge in [-0.2, -0.15) is 0 Å². The molecule has 3 nitrogen and oxygen atoms in total. The van der Waals surface area contributed by atoms with E-state index in [1.54, 1.807) is 0 Å². The minimum atomic E-state index is -1.35. The largest absolute Gasteiger partial charge is 0.437 e. The number of furan rings is 1. The molecule has 5 aromatic rings. The number of hydrogen-bond donors (Lipinski definition) is 0. The van der Waals surface area contributed by atoms with Gasteiger partial charge in [-0.3, -0.25) is 0 Å². The second-order valence-electron chi connectivity index (χ2n) is 9.15. The highest BCUT2D eigenvalue weighted by Crippen LogP contribution is 2.39. The second-order valence-corrected chi connectivity index (χ2v) is 9.15. The van der Waals surface area contributed by atoms with Crippen molar-refractivity contribution in [3.8, 4) is 11.3 Å². The lowest BCUT2D eigenvalue weighted by atomic mass is 9.85. The standard InChI is InChI=1S/C29H29N2O/c1-19-12-13-24-27-23-11-7-6-10-22(23)18-30-29(27)32-28(24)26(19)25-17-21(14-15-31(25)2)16-20-8-4-3-5-9-20/h6-7,10-15,17-18,20H,3-5,8-9,16H2,1-2H3/q+1/i16D2. The molecule has 32 heavy (non-hydrogen) atoms. The Morgan fingerprint density at radius 3 is 2.78 bits per heavy atom. The molecule has 1 aliphatic carbocycles. The van der Waals surface area contributed by atoms with E-state index in [-0.39, 0.29) is 5.92 Å². The van der Waals surface area contributed by atoms with Gasteiger partial charge in [-0.1, -0.05) is 68.5 Å². The molecule has 0 N–H and O–H groups in total. The Morgan fingerprint density at radius 2 is 1.91 bits per heavy atom. The van der Waals surface area contributed by atoms with Crippen LogP contribution in [0.5, 0.6) is 0 Å². The molecule has 6 rings (SSSR count). The number of hydrogen-bond acceptors (Lipinski definition) is 2. The molecular formula is C29H29N2O+. The summed E-state index contributed by atoms with van der Waals surface area (Å²) < 4.78 is 26.5. The van der Waals surface area contributed by atoms with E-state index in [0.717, 1.165) is 75.2 Å². The van der Waals surface area contributed by atoms with Gasteiger partial charge in [0.25, 0.3) is 0 Å². The Labute approximate surface area is 191 Å². The molecule has 1 saturated carbocycles. The van der Waals surface area contributed by atoms with Crippen molar-refractivity contribution in [2.45, 2.75) is 45.4 Å². The fourth-order valence-electron chi connectivity index (χ4n) is 5.27. The monoisotopic (exact) mass is 423 g/mol. The summed E-state index contributed by atoms with van der Waals surface area (Å²) in [6.07, 6.45) is 7.88. The van der Waals surface area contributed by atoms with Crippen LogP contribution in [0.1, 0.15) is 46.0 Å². The van der Waals surface area contributed by atoms with Gasteiger partial charge in [0, 0.05) is 31.8 Å². The fourth-order valence-corrected chi connectivity index (χ4v) is 5.27. The summed E-state index contributed by atoms with van der Waals surface area (Å²) in [6, 6.07) is 16.5. The van der Waals surface area contributed by atoms with Gasteiger partial charge < -0.3 is 4.42 Å². The Kier molecular flexibility index (Phi) is 4.20. The molecule has 2 aromatic carbocycles. The number of nitrogens with zero attached hydrogens (tertiary/aromatic N) is 2. The Hall–Kier alpha value is -3.20. The van der Waals surface area contributed by atoms with Gasteiger partial charge in [0.2, 0.25) is 11.4 Å². The third-order valence-electron chi connectivity index (χ3n) is 6.98. The number of aromatic nitrogens is 2. The average molecular weight is 424 g/mol. The predicted octanol–water partition coefficient (Wildman–Crippen LogP) is 7.06. The van der Waals surface area contributed by atoms with Crippen LogP contribution in [0.15, 0.2) is 65.3 Å². The summed E-state index contributed by atoms with van der Waals surface area (Å²) in [5.41, 5.74) is 5.26. The Bertz CT molecular complexity index is 1550. The zero-order chi connectivity index (χ0) is 23.4. The summed E-state index contributed by atoms with van der Waals surface area (Å²) in [7, 11) is 2.02. The first-order chi connectivity index (χ1) is 16.4. The van der Waals surface area contributed by atoms with Crippen molar-refractivity contribution in [2.24, 2.45) is 13.0 Å². The van der Waals surface area contributed by atoms with Crippen LogP contribution in [0.4, 0.5) is 0 Å². The van der Waals surface area contributed by atoms with Crippen LogP contribution in [0.3, 0.4) is 0 Å². The van der Waals surface area contributed by atoms with Crippen molar-refractivity contribution in [3.63, 3.8) is 0 Å². The molecule has 0 unspecified atom stereocenters. The summed E-state index contributed by atoms with van der Waals surface area (Å²) in [5, 5.41) is 4.30. The number of fused-ring (bicyclic) bond motifs is 5. The minimum Gasteiger partial charge on any atom is -0.437 e. The fraction of sp³-hybridized carbons (Fsp3) is 0.310. The van der Waals surface area contributed by atoms with E-state index < -0.39 is 6.37 Å². The lowest BCUT2D eigenvalue weighted by Crippen LogP contribution is -2.31. The van der Waals surface area contributed by atoms with E-state index in [4.69, 9.17) is 7.16 Å². The molecule has 3 heteroatoms. The maximum Gasteiger partial charge on any atom is 0.227 e. The highest BCUT2D eigenvalue weighted by molar-refractivity contribution is 6.19. The van der Waals surface area contributed by atoms with Gasteiger partial charge >= 0.3 is 0 Å². The Balaban J connectivity index is 1.58. The molecule has 0 amide bonds. The molecule has 1 aliphatic rings. The first-order valence-corrected chi connectivity index (χ1v) is 11.7. The molecule has 0 spiro atoms. The highest BCUT2D eigenvalue weighted by atomic mass is 16.3. The van der Waals surface area contributed by atoms with Crippen LogP contribution < -0.4 is 4.57 Å². The molecule has 3 aromatic heterocycles. The molecule has 0 aliphatic heterocycles. The van der Waals surface area contributed by atoms with Crippen molar-refractivity contribution in [1.82, 2.24) is 4.98 Å². The van der Waals surface area contributed by atoms with Gasteiger partial charge in [-0.25, -0.2) is 9.55 Å². The first kappa shape index (κ1) is 17.4. The molecule has 1 fully saturated rings. The molecule has 3 heterocycles. The number of benzene rings is 2. The minimum absolute atomic E-state index is 0.0699. The van der Waals surface area contributed by atoms with E-state index in [2.05, 4.69) is 40.7 Å². The van der Waals surface area contributed by atoms with E-state index in [9.17, 15) is 0 Å². The van der Waals surface area contributed by atoms with Gasteiger partial charge in [0.1, 0.15) is 7.05 Å². The van der Waals surface area contributed by atoms with Crippen LogP contribution in [-0.2, 0) is 13.4 Å². The van der Waals surface area contributed by atoms with Gasteiger partial charge in [-0.05, 0) is 35.7 Å². The summed E-state index contributed by atoms with van der Waals surface area (Å²) in [6.45, 7) is 2.09. The SMILES string of the molecule is [2H]C([2H])(c1cc[n+](C)c(-c2c(C)ccc3c2oc2ncc4ccccc4c23)c1)C1CCCCC1. The molecule has 0 radical (unpaired) electrons. The lowest BCUT2D eigenvalue weighted by molar-refractivity contribution is -0.660. The van der Waals surface area contributed by atoms with Crippen LogP contribution in [0, 0.1) is 12.8 Å². The molecule has 0 bridgehead atoms. The summed E-state index contributed by atoms with van der Waals surface area (Å²) >= 11 is 0. The lowest BCUT2D eigenvalue weighted by Gasteiger charge is -2.21. The second kappa shape index (κ2) is 7.74. The van der Waals surface area contributed by atoms with E-state index in [1.165, 1.54) is 6.42 Å². The third-order valence-corrected chi connectivity index (χ3v) is 6.98. The maximum absolute atomic E-state index is 9.01. The Morgan fingerprint density at radius 1 is 1.06 bits per heavy atom. The zero-order valence-corrected chi connectivity index (χ0v) is 18.7. The number of aryl methyl sites for hydroxylation is 2. The quantitative estimate of drug-likeness (QED) is 0.291. The van der Waals surface area contributed by atoms with Crippen LogP contribution in [0.2, 0.25) is 0 Å². The summed E-state index contributed by atoms with van der Waals surface area (Å²) in [5.74, 6) is 0.0699. The maximum atomic E-state index is 9.01. The van der Waals surface area contributed by atoms with Crippen molar-refractivity contribution in [2.75, 3.05) is 0 Å². The average Bonchev–Trinajstić information content (AvgIpc) is 3.24. The van der Waals surface area contributed by atoms with Crippen molar-refractivity contribution >= 4 is 32.8 Å². The zero-order valence-electron chi connectivity index (χ0n) is 20.7. The van der Waals surface area contributed by atoms with E-state index in [1.807, 2.05) is 43.7 Å². The van der Waals surface area contributed by atoms with E-state index >= 15 is 0 Å². The molecule has 0 atom stereocenters. The third kappa shape index (κ3) is 3.19. The van der Waals surface area contributed by atoms with Crippen LogP contribution in [0.25, 0.3) is 44.1 Å². The number of rotatable bonds is 3. The molecule has 0 saturated heterocycles. The highest BCUT2D eigenvalue weighted by Gasteiger charge is 2.23. The summed E-state index contributed by atoms with van der Waals surface area (Å²) in [4.78, 5) is 4.62. The normalized spacial score (nSPS) is 16.6. The van der Waals surface area contributed by atoms with Gasteiger partial charge in [0.05, 0.1) is 10.9 Å². The van der Waals surface area contributed by atoms with Crippen molar-refractivity contribution in [1.29, 1.82) is 0 Å². The first-order valence-electron chi connectivity index (χ1n) is 12.7. The van der Waals surface area contributed by atoms with E-state index in [0.29, 0.717) is 5.71 Å².